The SMILES string of the molecule is c1csc(C[C@H]2CNCCN2)c1. The standard InChI is InChI=1S/C9H14N2S/c1-2-9(12-5-1)6-8-7-10-3-4-11-8/h1-2,5,8,10-11H,3-4,6-7H2/t8-/m0/s1. The smallest absolute Gasteiger partial charge is 0.0241 e. The summed E-state index contributed by atoms with van der Waals surface area (Å²) in [6.45, 7) is 3.33. The van der Waals surface area contributed by atoms with Gasteiger partial charge < -0.3 is 10.6 Å². The second-order valence-corrected chi connectivity index (χ2v) is 4.17. The molecule has 1 saturated heterocycles. The molecule has 0 saturated carbocycles. The molecular weight excluding hydrogens is 168 g/mol. The Kier molecular flexibility index (Phi) is 2.76. The van der Waals surface area contributed by atoms with Gasteiger partial charge in [0.05, 0.1) is 0 Å². The summed E-state index contributed by atoms with van der Waals surface area (Å²) in [5.74, 6) is 0. The molecule has 0 spiro atoms. The van der Waals surface area contributed by atoms with Crippen LogP contribution in [0.25, 0.3) is 0 Å². The van der Waals surface area contributed by atoms with E-state index in [1.54, 1.807) is 0 Å². The first kappa shape index (κ1) is 8.23. The first-order chi connectivity index (χ1) is 5.95. The highest BCUT2D eigenvalue weighted by Gasteiger charge is 2.12. The van der Waals surface area contributed by atoms with Gasteiger partial charge in [0.1, 0.15) is 0 Å². The van der Waals surface area contributed by atoms with Crippen LogP contribution in [0.4, 0.5) is 0 Å². The molecule has 12 heavy (non-hydrogen) atoms. The maximum atomic E-state index is 3.50. The number of rotatable bonds is 2. The highest BCUT2D eigenvalue weighted by Crippen LogP contribution is 2.11. The quantitative estimate of drug-likeness (QED) is 0.708. The van der Waals surface area contributed by atoms with Crippen molar-refractivity contribution in [3.63, 3.8) is 0 Å². The predicted octanol–water partition coefficient (Wildman–Crippen LogP) is 0.852. The lowest BCUT2D eigenvalue weighted by molar-refractivity contribution is 0.418. The molecule has 1 aliphatic rings. The third-order valence-electron chi connectivity index (χ3n) is 2.15. The Morgan fingerprint density at radius 2 is 2.50 bits per heavy atom. The lowest BCUT2D eigenvalue weighted by atomic mass is 10.1. The number of hydrogen-bond acceptors (Lipinski definition) is 3. The van der Waals surface area contributed by atoms with Gasteiger partial charge in [0, 0.05) is 30.6 Å². The van der Waals surface area contributed by atoms with Gasteiger partial charge in [0.15, 0.2) is 0 Å². The average Bonchev–Trinajstić information content (AvgIpc) is 2.59. The van der Waals surface area contributed by atoms with Gasteiger partial charge in [0.25, 0.3) is 0 Å². The molecule has 1 aliphatic heterocycles. The maximum Gasteiger partial charge on any atom is 0.0241 e. The first-order valence-electron chi connectivity index (χ1n) is 4.41. The molecule has 0 amide bonds. The fourth-order valence-electron chi connectivity index (χ4n) is 1.53. The van der Waals surface area contributed by atoms with Crippen molar-refractivity contribution in [1.82, 2.24) is 10.6 Å². The zero-order valence-corrected chi connectivity index (χ0v) is 7.86. The maximum absolute atomic E-state index is 3.50. The molecule has 1 fully saturated rings. The molecule has 66 valence electrons. The summed E-state index contributed by atoms with van der Waals surface area (Å²) in [6.07, 6.45) is 1.17. The summed E-state index contributed by atoms with van der Waals surface area (Å²) < 4.78 is 0. The second-order valence-electron chi connectivity index (χ2n) is 3.14. The summed E-state index contributed by atoms with van der Waals surface area (Å²) in [5.41, 5.74) is 0. The Labute approximate surface area is 77.0 Å². The van der Waals surface area contributed by atoms with Gasteiger partial charge in [-0.05, 0) is 17.9 Å². The first-order valence-corrected chi connectivity index (χ1v) is 5.29. The summed E-state index contributed by atoms with van der Waals surface area (Å²) in [6, 6.07) is 4.97. The zero-order valence-electron chi connectivity index (χ0n) is 7.05. The molecule has 2 heterocycles. The van der Waals surface area contributed by atoms with Crippen molar-refractivity contribution in [1.29, 1.82) is 0 Å². The van der Waals surface area contributed by atoms with Gasteiger partial charge in [-0.25, -0.2) is 0 Å². The average molecular weight is 182 g/mol. The monoisotopic (exact) mass is 182 g/mol. The van der Waals surface area contributed by atoms with Crippen LogP contribution in [-0.4, -0.2) is 25.7 Å². The minimum Gasteiger partial charge on any atom is -0.314 e. The van der Waals surface area contributed by atoms with Crippen LogP contribution in [0.2, 0.25) is 0 Å². The van der Waals surface area contributed by atoms with Gasteiger partial charge in [-0.3, -0.25) is 0 Å². The van der Waals surface area contributed by atoms with E-state index in [9.17, 15) is 0 Å². The Morgan fingerprint density at radius 3 is 3.17 bits per heavy atom. The van der Waals surface area contributed by atoms with E-state index in [4.69, 9.17) is 0 Å². The molecule has 0 aliphatic carbocycles. The van der Waals surface area contributed by atoms with E-state index in [-0.39, 0.29) is 0 Å². The van der Waals surface area contributed by atoms with Gasteiger partial charge in [-0.2, -0.15) is 0 Å². The minimum absolute atomic E-state index is 0.636. The lowest BCUT2D eigenvalue weighted by Gasteiger charge is -2.23. The normalized spacial score (nSPS) is 24.2. The number of piperazine rings is 1. The van der Waals surface area contributed by atoms with Crippen molar-refractivity contribution in [3.8, 4) is 0 Å². The van der Waals surface area contributed by atoms with Crippen LogP contribution in [0, 0.1) is 0 Å². The van der Waals surface area contributed by atoms with Crippen molar-refractivity contribution in [2.45, 2.75) is 12.5 Å². The van der Waals surface area contributed by atoms with Crippen LogP contribution in [0.3, 0.4) is 0 Å². The highest BCUT2D eigenvalue weighted by molar-refractivity contribution is 7.09. The van der Waals surface area contributed by atoms with Gasteiger partial charge in [-0.1, -0.05) is 6.07 Å². The van der Waals surface area contributed by atoms with E-state index >= 15 is 0 Å². The van der Waals surface area contributed by atoms with E-state index in [2.05, 4.69) is 28.1 Å². The predicted molar refractivity (Wildman–Crippen MR) is 52.7 cm³/mol. The van der Waals surface area contributed by atoms with Crippen LogP contribution < -0.4 is 10.6 Å². The molecule has 2 nitrogen and oxygen atoms in total. The minimum atomic E-state index is 0.636. The molecule has 0 bridgehead atoms. The van der Waals surface area contributed by atoms with E-state index in [1.165, 1.54) is 11.3 Å². The van der Waals surface area contributed by atoms with Gasteiger partial charge in [0.2, 0.25) is 0 Å². The molecule has 2 rings (SSSR count). The molecule has 3 heteroatoms. The molecular formula is C9H14N2S. The molecule has 0 unspecified atom stereocenters. The third-order valence-corrected chi connectivity index (χ3v) is 3.05. The van der Waals surface area contributed by atoms with Crippen molar-refractivity contribution in [2.24, 2.45) is 0 Å². The Morgan fingerprint density at radius 1 is 1.50 bits per heavy atom. The van der Waals surface area contributed by atoms with Crippen molar-refractivity contribution >= 4 is 11.3 Å². The Bertz CT molecular complexity index is 214. The second kappa shape index (κ2) is 4.03. The Balaban J connectivity index is 1.86. The summed E-state index contributed by atoms with van der Waals surface area (Å²) in [7, 11) is 0. The summed E-state index contributed by atoms with van der Waals surface area (Å²) in [5, 5.41) is 9.04. The molecule has 1 aromatic heterocycles. The summed E-state index contributed by atoms with van der Waals surface area (Å²) >= 11 is 1.85. The van der Waals surface area contributed by atoms with E-state index in [0.717, 1.165) is 19.6 Å². The third kappa shape index (κ3) is 2.06. The fraction of sp³-hybridized carbons (Fsp3) is 0.556. The van der Waals surface area contributed by atoms with Crippen LogP contribution >= 0.6 is 11.3 Å². The fourth-order valence-corrected chi connectivity index (χ4v) is 2.32. The van der Waals surface area contributed by atoms with Crippen molar-refractivity contribution in [3.05, 3.63) is 22.4 Å². The highest BCUT2D eigenvalue weighted by atomic mass is 32.1. The molecule has 1 atom stereocenters. The van der Waals surface area contributed by atoms with E-state index in [1.807, 2.05) is 11.3 Å². The number of nitrogens with one attached hydrogen (secondary N) is 2. The molecule has 0 radical (unpaired) electrons. The van der Waals surface area contributed by atoms with Crippen LogP contribution in [-0.2, 0) is 6.42 Å². The van der Waals surface area contributed by atoms with Crippen molar-refractivity contribution < 1.29 is 0 Å². The number of thiophene rings is 1. The van der Waals surface area contributed by atoms with E-state index in [0.29, 0.717) is 6.04 Å². The largest absolute Gasteiger partial charge is 0.314 e. The lowest BCUT2D eigenvalue weighted by Crippen LogP contribution is -2.49. The van der Waals surface area contributed by atoms with Crippen LogP contribution in [0.15, 0.2) is 17.5 Å². The zero-order chi connectivity index (χ0) is 8.23. The van der Waals surface area contributed by atoms with Gasteiger partial charge >= 0.3 is 0 Å². The van der Waals surface area contributed by atoms with E-state index < -0.39 is 0 Å². The molecule has 2 N–H and O–H groups in total. The summed E-state index contributed by atoms with van der Waals surface area (Å²) in [4.78, 5) is 1.48. The van der Waals surface area contributed by atoms with Gasteiger partial charge in [-0.15, -0.1) is 11.3 Å². The van der Waals surface area contributed by atoms with Crippen molar-refractivity contribution in [2.75, 3.05) is 19.6 Å². The topological polar surface area (TPSA) is 24.1 Å². The molecule has 1 aromatic rings. The Hall–Kier alpha value is -0.380. The number of hydrogen-bond donors (Lipinski definition) is 2. The van der Waals surface area contributed by atoms with Crippen LogP contribution in [0.1, 0.15) is 4.88 Å². The molecule has 0 aromatic carbocycles. The van der Waals surface area contributed by atoms with Crippen LogP contribution in [0.5, 0.6) is 0 Å².